The molecule has 2 aromatic rings. The van der Waals surface area contributed by atoms with Gasteiger partial charge in [0.1, 0.15) is 4.90 Å². The summed E-state index contributed by atoms with van der Waals surface area (Å²) in [5, 5.41) is -0.334. The van der Waals surface area contributed by atoms with E-state index in [2.05, 4.69) is 0 Å². The second kappa shape index (κ2) is 8.20. The second-order valence-electron chi connectivity index (χ2n) is 7.98. The Bertz CT molecular complexity index is 1160. The molecule has 0 saturated carbocycles. The van der Waals surface area contributed by atoms with Crippen LogP contribution >= 0.6 is 23.2 Å². The quantitative estimate of drug-likeness (QED) is 0.573. The molecule has 0 bridgehead atoms. The number of halogens is 5. The molecule has 32 heavy (non-hydrogen) atoms. The summed E-state index contributed by atoms with van der Waals surface area (Å²) in [5.41, 5.74) is -1.40. The van der Waals surface area contributed by atoms with E-state index < -0.39 is 32.2 Å². The molecular formula is C21H19Cl2F3N2O3S. The van der Waals surface area contributed by atoms with Crippen LogP contribution in [0, 0.1) is 5.41 Å². The lowest BCUT2D eigenvalue weighted by atomic mass is 9.77. The minimum absolute atomic E-state index is 0.0244. The van der Waals surface area contributed by atoms with Crippen molar-refractivity contribution in [1.82, 2.24) is 4.31 Å². The molecule has 0 unspecified atom stereocenters. The van der Waals surface area contributed by atoms with Gasteiger partial charge < -0.3 is 4.90 Å². The highest BCUT2D eigenvalue weighted by molar-refractivity contribution is 7.89. The number of hydrogen-bond donors (Lipinski definition) is 0. The van der Waals surface area contributed by atoms with Crippen molar-refractivity contribution >= 4 is 44.8 Å². The fourth-order valence-electron chi connectivity index (χ4n) is 4.38. The molecule has 0 aliphatic carbocycles. The van der Waals surface area contributed by atoms with Crippen LogP contribution in [0.5, 0.6) is 0 Å². The standard InChI is InChI=1S/C21H19Cl2F3N2O3S/c22-16-3-1-2-4-18(16)32(30,31)27-10-7-20(8-11-27)9-12-28(19(20)29)14-5-6-15(17(23)13-14)21(24,25)26/h1-6,13H,7-12H2. The smallest absolute Gasteiger partial charge is 0.312 e. The van der Waals surface area contributed by atoms with Crippen molar-refractivity contribution in [2.45, 2.75) is 30.3 Å². The Labute approximate surface area is 193 Å². The van der Waals surface area contributed by atoms with Crippen molar-refractivity contribution in [2.24, 2.45) is 5.41 Å². The first-order chi connectivity index (χ1) is 15.0. The number of nitrogens with zero attached hydrogens (tertiary/aromatic N) is 2. The molecule has 1 spiro atoms. The van der Waals surface area contributed by atoms with E-state index in [0.717, 1.165) is 12.1 Å². The van der Waals surface area contributed by atoms with Gasteiger partial charge in [0.05, 0.1) is 21.0 Å². The second-order valence-corrected chi connectivity index (χ2v) is 10.7. The third-order valence-corrected chi connectivity index (χ3v) is 8.93. The van der Waals surface area contributed by atoms with Crippen LogP contribution in [-0.4, -0.2) is 38.3 Å². The number of alkyl halides is 3. The third kappa shape index (κ3) is 4.00. The van der Waals surface area contributed by atoms with E-state index in [4.69, 9.17) is 23.2 Å². The Morgan fingerprint density at radius 3 is 2.12 bits per heavy atom. The fourth-order valence-corrected chi connectivity index (χ4v) is 6.60. The highest BCUT2D eigenvalue weighted by Crippen LogP contribution is 2.45. The average molecular weight is 507 g/mol. The summed E-state index contributed by atoms with van der Waals surface area (Å²) in [6.45, 7) is 0.638. The molecule has 2 aliphatic heterocycles. The summed E-state index contributed by atoms with van der Waals surface area (Å²) in [5.74, 6) is -0.219. The van der Waals surface area contributed by atoms with Gasteiger partial charge in [-0.05, 0) is 49.6 Å². The first-order valence-electron chi connectivity index (χ1n) is 9.89. The van der Waals surface area contributed by atoms with Gasteiger partial charge in [0, 0.05) is 25.3 Å². The fraction of sp³-hybridized carbons (Fsp3) is 0.381. The lowest BCUT2D eigenvalue weighted by molar-refractivity contribution is -0.137. The van der Waals surface area contributed by atoms with Gasteiger partial charge in [0.15, 0.2) is 0 Å². The largest absolute Gasteiger partial charge is 0.417 e. The Morgan fingerprint density at radius 2 is 1.53 bits per heavy atom. The molecule has 172 valence electrons. The Morgan fingerprint density at radius 1 is 0.906 bits per heavy atom. The molecule has 4 rings (SSSR count). The van der Waals surface area contributed by atoms with E-state index in [0.29, 0.717) is 31.5 Å². The van der Waals surface area contributed by atoms with E-state index in [9.17, 15) is 26.4 Å². The molecule has 2 fully saturated rings. The van der Waals surface area contributed by atoms with Crippen molar-refractivity contribution in [3.05, 3.63) is 58.1 Å². The lowest BCUT2D eigenvalue weighted by Crippen LogP contribution is -2.46. The minimum Gasteiger partial charge on any atom is -0.312 e. The monoisotopic (exact) mass is 506 g/mol. The van der Waals surface area contributed by atoms with Crippen molar-refractivity contribution in [3.63, 3.8) is 0 Å². The first kappa shape index (κ1) is 23.4. The summed E-state index contributed by atoms with van der Waals surface area (Å²) < 4.78 is 66.2. The van der Waals surface area contributed by atoms with Crippen LogP contribution in [-0.2, 0) is 21.0 Å². The number of amides is 1. The molecule has 2 aromatic carbocycles. The molecule has 0 radical (unpaired) electrons. The molecule has 0 atom stereocenters. The van der Waals surface area contributed by atoms with E-state index in [1.807, 2.05) is 0 Å². The van der Waals surface area contributed by atoms with Crippen molar-refractivity contribution < 1.29 is 26.4 Å². The Hall–Kier alpha value is -1.81. The highest BCUT2D eigenvalue weighted by atomic mass is 35.5. The van der Waals surface area contributed by atoms with E-state index >= 15 is 0 Å². The molecule has 5 nitrogen and oxygen atoms in total. The number of sulfonamides is 1. The normalized spacial score (nSPS) is 19.7. The molecule has 2 aliphatic rings. The van der Waals surface area contributed by atoms with Gasteiger partial charge in [-0.15, -0.1) is 0 Å². The minimum atomic E-state index is -4.58. The number of carbonyl (C=O) groups is 1. The summed E-state index contributed by atoms with van der Waals surface area (Å²) >= 11 is 11.9. The summed E-state index contributed by atoms with van der Waals surface area (Å²) in [6.07, 6.45) is -3.45. The topological polar surface area (TPSA) is 57.7 Å². The molecule has 2 saturated heterocycles. The van der Waals surface area contributed by atoms with Crippen LogP contribution in [0.25, 0.3) is 0 Å². The van der Waals surface area contributed by atoms with Crippen molar-refractivity contribution in [3.8, 4) is 0 Å². The van der Waals surface area contributed by atoms with Gasteiger partial charge >= 0.3 is 6.18 Å². The summed E-state index contributed by atoms with van der Waals surface area (Å²) in [4.78, 5) is 14.7. The van der Waals surface area contributed by atoms with Crippen LogP contribution < -0.4 is 4.90 Å². The predicted molar refractivity (Wildman–Crippen MR) is 115 cm³/mol. The first-order valence-corrected chi connectivity index (χ1v) is 12.1. The summed E-state index contributed by atoms with van der Waals surface area (Å²) in [7, 11) is -3.79. The van der Waals surface area contributed by atoms with Gasteiger partial charge in [0.25, 0.3) is 0 Å². The number of carbonyl (C=O) groups excluding carboxylic acids is 1. The van der Waals surface area contributed by atoms with Crippen LogP contribution in [0.2, 0.25) is 10.0 Å². The molecule has 2 heterocycles. The zero-order chi connectivity index (χ0) is 23.3. The molecule has 0 N–H and O–H groups in total. The average Bonchev–Trinajstić information content (AvgIpc) is 3.03. The third-order valence-electron chi connectivity index (χ3n) is 6.22. The van der Waals surface area contributed by atoms with Crippen LogP contribution in [0.15, 0.2) is 47.4 Å². The van der Waals surface area contributed by atoms with Gasteiger partial charge in [-0.25, -0.2) is 8.42 Å². The van der Waals surface area contributed by atoms with Gasteiger partial charge in [-0.3, -0.25) is 4.79 Å². The number of benzene rings is 2. The Kier molecular flexibility index (Phi) is 5.98. The van der Waals surface area contributed by atoms with E-state index in [-0.39, 0.29) is 28.9 Å². The molecule has 0 aromatic heterocycles. The number of hydrogen-bond acceptors (Lipinski definition) is 3. The van der Waals surface area contributed by atoms with Gasteiger partial charge in [-0.1, -0.05) is 35.3 Å². The van der Waals surface area contributed by atoms with E-state index in [1.165, 1.54) is 27.4 Å². The maximum Gasteiger partial charge on any atom is 0.417 e. The van der Waals surface area contributed by atoms with Crippen LogP contribution in [0.1, 0.15) is 24.8 Å². The van der Waals surface area contributed by atoms with Crippen LogP contribution in [0.3, 0.4) is 0 Å². The molecule has 1 amide bonds. The van der Waals surface area contributed by atoms with E-state index in [1.54, 1.807) is 12.1 Å². The zero-order valence-electron chi connectivity index (χ0n) is 16.7. The van der Waals surface area contributed by atoms with Crippen LogP contribution in [0.4, 0.5) is 18.9 Å². The van der Waals surface area contributed by atoms with Gasteiger partial charge in [0.2, 0.25) is 15.9 Å². The predicted octanol–water partition coefficient (Wildman–Crippen LogP) is 5.22. The van der Waals surface area contributed by atoms with Crippen molar-refractivity contribution in [2.75, 3.05) is 24.5 Å². The maximum atomic E-state index is 13.2. The molecule has 11 heteroatoms. The number of piperidine rings is 1. The SMILES string of the molecule is O=C1N(c2ccc(C(F)(F)F)c(Cl)c2)CCC12CCN(S(=O)(=O)c1ccccc1Cl)CC2. The summed E-state index contributed by atoms with van der Waals surface area (Å²) in [6, 6.07) is 9.45. The van der Waals surface area contributed by atoms with Crippen molar-refractivity contribution in [1.29, 1.82) is 0 Å². The number of anilines is 1. The molecular weight excluding hydrogens is 488 g/mol. The highest BCUT2D eigenvalue weighted by Gasteiger charge is 2.50. The lowest BCUT2D eigenvalue weighted by Gasteiger charge is -2.37. The van der Waals surface area contributed by atoms with Gasteiger partial charge in [-0.2, -0.15) is 17.5 Å². The Balaban J connectivity index is 1.51. The number of rotatable bonds is 3. The maximum absolute atomic E-state index is 13.2. The zero-order valence-corrected chi connectivity index (χ0v) is 19.0.